The molecule has 1 unspecified atom stereocenters. The molecule has 0 fully saturated rings. The number of urea groups is 1. The van der Waals surface area contributed by atoms with Gasteiger partial charge in [-0.2, -0.15) is 11.8 Å². The zero-order valence-electron chi connectivity index (χ0n) is 12.6. The smallest absolute Gasteiger partial charge is 0.326 e. The highest BCUT2D eigenvalue weighted by Crippen LogP contribution is 2.04. The lowest BCUT2D eigenvalue weighted by Crippen LogP contribution is -2.51. The van der Waals surface area contributed by atoms with E-state index in [1.807, 2.05) is 27.0 Å². The monoisotopic (exact) mass is 306 g/mol. The summed E-state index contributed by atoms with van der Waals surface area (Å²) in [7, 11) is 0. The Labute approximate surface area is 125 Å². The SMILES string of the molecule is CCOCC(NC(=O)N[C@@H](CCSC)C(=O)O)C(C)C. The molecule has 2 atom stereocenters. The van der Waals surface area contributed by atoms with E-state index in [1.165, 1.54) is 0 Å². The van der Waals surface area contributed by atoms with Crippen LogP contribution in [0.15, 0.2) is 0 Å². The first-order chi connectivity index (χ1) is 9.42. The van der Waals surface area contributed by atoms with Gasteiger partial charge in [0.15, 0.2) is 0 Å². The summed E-state index contributed by atoms with van der Waals surface area (Å²) in [5.74, 6) is -0.119. The number of amides is 2. The van der Waals surface area contributed by atoms with Crippen LogP contribution in [0.5, 0.6) is 0 Å². The third-order valence-electron chi connectivity index (χ3n) is 2.84. The Hall–Kier alpha value is -0.950. The number of thioether (sulfide) groups is 1. The standard InChI is InChI=1S/C13H26N2O4S/c1-5-19-8-11(9(2)3)15-13(18)14-10(12(16)17)6-7-20-4/h9-11H,5-8H2,1-4H3,(H,16,17)(H2,14,15,18)/t10-,11?/m0/s1. The molecule has 7 heteroatoms. The van der Waals surface area contributed by atoms with Gasteiger partial charge in [-0.05, 0) is 31.3 Å². The van der Waals surface area contributed by atoms with E-state index in [-0.39, 0.29) is 12.0 Å². The largest absolute Gasteiger partial charge is 0.480 e. The van der Waals surface area contributed by atoms with E-state index < -0.39 is 18.0 Å². The van der Waals surface area contributed by atoms with Gasteiger partial charge in [-0.1, -0.05) is 13.8 Å². The van der Waals surface area contributed by atoms with Crippen LogP contribution in [0.3, 0.4) is 0 Å². The third kappa shape index (κ3) is 8.27. The molecular formula is C13H26N2O4S. The van der Waals surface area contributed by atoms with Crippen molar-refractivity contribution in [2.75, 3.05) is 25.2 Å². The molecule has 0 aliphatic carbocycles. The van der Waals surface area contributed by atoms with E-state index >= 15 is 0 Å². The summed E-state index contributed by atoms with van der Waals surface area (Å²) in [6.45, 7) is 6.85. The van der Waals surface area contributed by atoms with Crippen molar-refractivity contribution in [1.29, 1.82) is 0 Å². The second kappa shape index (κ2) is 10.8. The molecule has 0 bridgehead atoms. The molecule has 0 heterocycles. The number of carbonyl (C=O) groups is 2. The van der Waals surface area contributed by atoms with E-state index in [9.17, 15) is 9.59 Å². The van der Waals surface area contributed by atoms with Crippen LogP contribution in [0.25, 0.3) is 0 Å². The first-order valence-electron chi connectivity index (χ1n) is 6.78. The number of nitrogens with one attached hydrogen (secondary N) is 2. The summed E-state index contributed by atoms with van der Waals surface area (Å²) in [5, 5.41) is 14.3. The zero-order chi connectivity index (χ0) is 15.5. The van der Waals surface area contributed by atoms with E-state index in [1.54, 1.807) is 11.8 Å². The maximum Gasteiger partial charge on any atom is 0.326 e. The molecule has 0 radical (unpaired) electrons. The van der Waals surface area contributed by atoms with Crippen molar-refractivity contribution in [3.8, 4) is 0 Å². The molecule has 20 heavy (non-hydrogen) atoms. The average Bonchev–Trinajstić information content (AvgIpc) is 2.38. The summed E-state index contributed by atoms with van der Waals surface area (Å²) >= 11 is 1.55. The van der Waals surface area contributed by atoms with Crippen LogP contribution < -0.4 is 10.6 Å². The average molecular weight is 306 g/mol. The van der Waals surface area contributed by atoms with Gasteiger partial charge in [-0.3, -0.25) is 0 Å². The maximum atomic E-state index is 11.9. The molecule has 2 amide bonds. The van der Waals surface area contributed by atoms with Crippen LogP contribution in [-0.4, -0.2) is 54.4 Å². The van der Waals surface area contributed by atoms with Crippen molar-refractivity contribution in [1.82, 2.24) is 10.6 Å². The number of carbonyl (C=O) groups excluding carboxylic acids is 1. The molecular weight excluding hydrogens is 280 g/mol. The minimum absolute atomic E-state index is 0.134. The predicted octanol–water partition coefficient (Wildman–Crippen LogP) is 1.55. The van der Waals surface area contributed by atoms with Gasteiger partial charge >= 0.3 is 12.0 Å². The Kier molecular flexibility index (Phi) is 10.3. The maximum absolute atomic E-state index is 11.9. The Bertz CT molecular complexity index is 300. The van der Waals surface area contributed by atoms with E-state index in [2.05, 4.69) is 10.6 Å². The fraction of sp³-hybridized carbons (Fsp3) is 0.846. The number of carboxylic acid groups (broad SMARTS) is 1. The minimum atomic E-state index is -1.01. The minimum Gasteiger partial charge on any atom is -0.480 e. The molecule has 6 nitrogen and oxygen atoms in total. The molecule has 0 rings (SSSR count). The fourth-order valence-electron chi connectivity index (χ4n) is 1.51. The van der Waals surface area contributed by atoms with Gasteiger partial charge in [0.1, 0.15) is 6.04 Å². The van der Waals surface area contributed by atoms with Crippen molar-refractivity contribution < 1.29 is 19.4 Å². The van der Waals surface area contributed by atoms with Crippen molar-refractivity contribution in [2.24, 2.45) is 5.92 Å². The second-order valence-corrected chi connectivity index (χ2v) is 5.79. The van der Waals surface area contributed by atoms with Crippen molar-refractivity contribution >= 4 is 23.8 Å². The normalized spacial score (nSPS) is 13.8. The third-order valence-corrected chi connectivity index (χ3v) is 3.48. The summed E-state index contributed by atoms with van der Waals surface area (Å²) in [4.78, 5) is 22.9. The van der Waals surface area contributed by atoms with Crippen LogP contribution >= 0.6 is 11.8 Å². The molecule has 0 aromatic heterocycles. The molecule has 0 spiro atoms. The molecule has 0 aromatic carbocycles. The predicted molar refractivity (Wildman–Crippen MR) is 81.2 cm³/mol. The van der Waals surface area contributed by atoms with Crippen LogP contribution in [0.2, 0.25) is 0 Å². The molecule has 0 aliphatic rings. The number of hydrogen-bond donors (Lipinski definition) is 3. The first-order valence-corrected chi connectivity index (χ1v) is 8.18. The Morgan fingerprint density at radius 1 is 1.30 bits per heavy atom. The van der Waals surface area contributed by atoms with Gasteiger partial charge in [0, 0.05) is 6.61 Å². The summed E-state index contributed by atoms with van der Waals surface area (Å²) in [6.07, 6.45) is 2.30. The molecule has 0 saturated carbocycles. The highest BCUT2D eigenvalue weighted by molar-refractivity contribution is 7.98. The van der Waals surface area contributed by atoms with E-state index in [0.717, 1.165) is 0 Å². The lowest BCUT2D eigenvalue weighted by atomic mass is 10.1. The Morgan fingerprint density at radius 2 is 1.95 bits per heavy atom. The lowest BCUT2D eigenvalue weighted by molar-refractivity contribution is -0.139. The van der Waals surface area contributed by atoms with Gasteiger partial charge in [-0.15, -0.1) is 0 Å². The molecule has 0 aliphatic heterocycles. The lowest BCUT2D eigenvalue weighted by Gasteiger charge is -2.23. The molecule has 0 aromatic rings. The Balaban J connectivity index is 4.36. The number of aliphatic carboxylic acids is 1. The molecule has 3 N–H and O–H groups in total. The summed E-state index contributed by atoms with van der Waals surface area (Å²) < 4.78 is 5.31. The van der Waals surface area contributed by atoms with E-state index in [0.29, 0.717) is 25.4 Å². The molecule has 0 saturated heterocycles. The van der Waals surface area contributed by atoms with Crippen molar-refractivity contribution in [3.63, 3.8) is 0 Å². The van der Waals surface area contributed by atoms with Gasteiger partial charge in [-0.25, -0.2) is 9.59 Å². The van der Waals surface area contributed by atoms with Crippen molar-refractivity contribution in [3.05, 3.63) is 0 Å². The van der Waals surface area contributed by atoms with Gasteiger partial charge in [0.05, 0.1) is 12.6 Å². The van der Waals surface area contributed by atoms with Crippen LogP contribution in [0.4, 0.5) is 4.79 Å². The number of carboxylic acids is 1. The quantitative estimate of drug-likeness (QED) is 0.570. The van der Waals surface area contributed by atoms with Crippen molar-refractivity contribution in [2.45, 2.75) is 39.3 Å². The zero-order valence-corrected chi connectivity index (χ0v) is 13.5. The molecule has 118 valence electrons. The first kappa shape index (κ1) is 19.1. The fourth-order valence-corrected chi connectivity index (χ4v) is 1.98. The Morgan fingerprint density at radius 3 is 2.40 bits per heavy atom. The number of rotatable bonds is 10. The highest BCUT2D eigenvalue weighted by atomic mass is 32.2. The number of hydrogen-bond acceptors (Lipinski definition) is 4. The van der Waals surface area contributed by atoms with Gasteiger partial charge < -0.3 is 20.5 Å². The number of ether oxygens (including phenoxy) is 1. The van der Waals surface area contributed by atoms with Crippen LogP contribution in [0.1, 0.15) is 27.2 Å². The van der Waals surface area contributed by atoms with Gasteiger partial charge in [0.25, 0.3) is 0 Å². The van der Waals surface area contributed by atoms with Gasteiger partial charge in [0.2, 0.25) is 0 Å². The van der Waals surface area contributed by atoms with Crippen LogP contribution in [0, 0.1) is 5.92 Å². The topological polar surface area (TPSA) is 87.7 Å². The van der Waals surface area contributed by atoms with E-state index in [4.69, 9.17) is 9.84 Å². The highest BCUT2D eigenvalue weighted by Gasteiger charge is 2.22. The summed E-state index contributed by atoms with van der Waals surface area (Å²) in [5.41, 5.74) is 0. The summed E-state index contributed by atoms with van der Waals surface area (Å²) in [6, 6.07) is -1.45. The second-order valence-electron chi connectivity index (χ2n) is 4.80. The van der Waals surface area contributed by atoms with Crippen LogP contribution in [-0.2, 0) is 9.53 Å².